The highest BCUT2D eigenvalue weighted by molar-refractivity contribution is 5.79. The smallest absolute Gasteiger partial charge is 0.334 e. The highest BCUT2D eigenvalue weighted by atomic mass is 16.5. The van der Waals surface area contributed by atoms with Gasteiger partial charge in [0.2, 0.25) is 5.91 Å². The van der Waals surface area contributed by atoms with Crippen LogP contribution in [-0.2, 0) is 20.7 Å². The van der Waals surface area contributed by atoms with Gasteiger partial charge in [0.05, 0.1) is 13.2 Å². The maximum Gasteiger partial charge on any atom is 0.334 e. The van der Waals surface area contributed by atoms with E-state index in [0.717, 1.165) is 12.0 Å². The third kappa shape index (κ3) is 4.07. The highest BCUT2D eigenvalue weighted by Gasteiger charge is 2.29. The highest BCUT2D eigenvalue weighted by Crippen LogP contribution is 2.21. The molecule has 1 fully saturated rings. The van der Waals surface area contributed by atoms with E-state index in [1.165, 1.54) is 5.56 Å². The van der Waals surface area contributed by atoms with Crippen LogP contribution >= 0.6 is 0 Å². The lowest BCUT2D eigenvalue weighted by atomic mass is 9.95. The Balaban J connectivity index is 1.93. The second-order valence-electron chi connectivity index (χ2n) is 5.74. The van der Waals surface area contributed by atoms with Gasteiger partial charge in [0.15, 0.2) is 6.10 Å². The Kier molecular flexibility index (Phi) is 5.55. The first-order valence-electron chi connectivity index (χ1n) is 7.72. The van der Waals surface area contributed by atoms with E-state index < -0.39 is 12.1 Å². The molecular formula is C17H23NO4. The first kappa shape index (κ1) is 16.5. The Labute approximate surface area is 130 Å². The first-order chi connectivity index (χ1) is 10.5. The average Bonchev–Trinajstić information content (AvgIpc) is 2.54. The molecule has 1 aromatic rings. The van der Waals surface area contributed by atoms with Crippen molar-refractivity contribution in [3.8, 4) is 0 Å². The molecule has 1 aliphatic heterocycles. The molecule has 1 aliphatic rings. The lowest BCUT2D eigenvalue weighted by Gasteiger charge is -2.31. The molecule has 1 heterocycles. The molecular weight excluding hydrogens is 282 g/mol. The van der Waals surface area contributed by atoms with Crippen molar-refractivity contribution >= 4 is 11.9 Å². The van der Waals surface area contributed by atoms with Gasteiger partial charge in [-0.15, -0.1) is 0 Å². The van der Waals surface area contributed by atoms with Gasteiger partial charge < -0.3 is 14.7 Å². The second-order valence-corrected chi connectivity index (χ2v) is 5.74. The van der Waals surface area contributed by atoms with Crippen molar-refractivity contribution in [2.75, 3.05) is 19.7 Å². The summed E-state index contributed by atoms with van der Waals surface area (Å²) >= 11 is 0. The van der Waals surface area contributed by atoms with Crippen LogP contribution in [0.4, 0.5) is 0 Å². The first-order valence-corrected chi connectivity index (χ1v) is 7.72. The molecule has 1 saturated heterocycles. The number of aryl methyl sites for hydroxylation is 1. The van der Waals surface area contributed by atoms with Gasteiger partial charge in [-0.1, -0.05) is 38.1 Å². The Bertz CT molecular complexity index is 526. The largest absolute Gasteiger partial charge is 0.479 e. The molecule has 0 radical (unpaired) electrons. The Hall–Kier alpha value is -1.88. The lowest BCUT2D eigenvalue weighted by molar-refractivity contribution is -0.159. The molecule has 1 N–H and O–H groups in total. The number of amides is 1. The maximum absolute atomic E-state index is 12.4. The van der Waals surface area contributed by atoms with E-state index in [4.69, 9.17) is 9.84 Å². The third-order valence-corrected chi connectivity index (χ3v) is 4.13. The van der Waals surface area contributed by atoms with Crippen LogP contribution in [0.5, 0.6) is 0 Å². The second kappa shape index (κ2) is 7.40. The minimum atomic E-state index is -1.01. The maximum atomic E-state index is 12.4. The zero-order chi connectivity index (χ0) is 16.1. The minimum Gasteiger partial charge on any atom is -0.479 e. The molecule has 0 saturated carbocycles. The van der Waals surface area contributed by atoms with E-state index >= 15 is 0 Å². The summed E-state index contributed by atoms with van der Waals surface area (Å²) in [5.74, 6) is -0.910. The van der Waals surface area contributed by atoms with Gasteiger partial charge in [-0.2, -0.15) is 0 Å². The quantitative estimate of drug-likeness (QED) is 0.904. The molecule has 0 aliphatic carbocycles. The van der Waals surface area contributed by atoms with E-state index in [1.807, 2.05) is 6.92 Å². The van der Waals surface area contributed by atoms with E-state index in [9.17, 15) is 9.59 Å². The summed E-state index contributed by atoms with van der Waals surface area (Å²) in [4.78, 5) is 24.9. The number of ether oxygens (including phenoxy) is 1. The molecule has 0 aromatic heterocycles. The van der Waals surface area contributed by atoms with Crippen molar-refractivity contribution in [2.45, 2.75) is 38.7 Å². The van der Waals surface area contributed by atoms with Crippen molar-refractivity contribution in [3.63, 3.8) is 0 Å². The van der Waals surface area contributed by atoms with Crippen molar-refractivity contribution in [3.05, 3.63) is 35.4 Å². The zero-order valence-electron chi connectivity index (χ0n) is 13.1. The van der Waals surface area contributed by atoms with Crippen LogP contribution in [0.1, 0.15) is 37.3 Å². The van der Waals surface area contributed by atoms with Crippen molar-refractivity contribution in [2.24, 2.45) is 0 Å². The van der Waals surface area contributed by atoms with Gasteiger partial charge in [0, 0.05) is 13.0 Å². The normalized spacial score (nSPS) is 19.7. The van der Waals surface area contributed by atoms with Gasteiger partial charge in [-0.3, -0.25) is 4.79 Å². The summed E-state index contributed by atoms with van der Waals surface area (Å²) in [5, 5.41) is 8.98. The fourth-order valence-corrected chi connectivity index (χ4v) is 2.62. The van der Waals surface area contributed by atoms with Gasteiger partial charge in [-0.05, 0) is 23.5 Å². The Morgan fingerprint density at radius 2 is 2.05 bits per heavy atom. The Morgan fingerprint density at radius 1 is 1.36 bits per heavy atom. The van der Waals surface area contributed by atoms with E-state index in [1.54, 1.807) is 4.90 Å². The van der Waals surface area contributed by atoms with Gasteiger partial charge in [0.1, 0.15) is 0 Å². The predicted molar refractivity (Wildman–Crippen MR) is 82.8 cm³/mol. The molecule has 1 amide bonds. The monoisotopic (exact) mass is 305 g/mol. The van der Waals surface area contributed by atoms with Crippen LogP contribution in [0.2, 0.25) is 0 Å². The summed E-state index contributed by atoms with van der Waals surface area (Å²) in [6.45, 7) is 5.01. The standard InChI is InChI=1S/C17H23NO4/c1-3-13-4-6-14(7-5-13)12(2)10-16(19)18-8-9-22-15(11-18)17(20)21/h4-7,12,15H,3,8-11H2,1-2H3,(H,20,21)/t12-,15-/m0/s1. The minimum absolute atomic E-state index is 0.0124. The average molecular weight is 305 g/mol. The van der Waals surface area contributed by atoms with Crippen LogP contribution in [0, 0.1) is 0 Å². The van der Waals surface area contributed by atoms with Gasteiger partial charge in [0.25, 0.3) is 0 Å². The molecule has 0 spiro atoms. The predicted octanol–water partition coefficient (Wildman–Crippen LogP) is 2.05. The molecule has 120 valence electrons. The topological polar surface area (TPSA) is 66.8 Å². The molecule has 1 aromatic carbocycles. The number of morpholine rings is 1. The lowest BCUT2D eigenvalue weighted by Crippen LogP contribution is -2.48. The van der Waals surface area contributed by atoms with Crippen molar-refractivity contribution in [1.29, 1.82) is 0 Å². The molecule has 2 atom stereocenters. The number of hydrogen-bond donors (Lipinski definition) is 1. The SMILES string of the molecule is CCc1ccc([C@@H](C)CC(=O)N2CCO[C@H](C(=O)O)C2)cc1. The number of rotatable bonds is 5. The third-order valence-electron chi connectivity index (χ3n) is 4.13. The number of carboxylic acids is 1. The number of hydrogen-bond acceptors (Lipinski definition) is 3. The molecule has 0 unspecified atom stereocenters. The fourth-order valence-electron chi connectivity index (χ4n) is 2.62. The number of carboxylic acid groups (broad SMARTS) is 1. The Morgan fingerprint density at radius 3 is 2.64 bits per heavy atom. The molecule has 2 rings (SSSR count). The summed E-state index contributed by atoms with van der Waals surface area (Å²) in [7, 11) is 0. The molecule has 5 heteroatoms. The number of aliphatic carboxylic acids is 1. The van der Waals surface area contributed by atoms with E-state index in [2.05, 4.69) is 31.2 Å². The van der Waals surface area contributed by atoms with Crippen LogP contribution in [-0.4, -0.2) is 47.7 Å². The van der Waals surface area contributed by atoms with Gasteiger partial charge >= 0.3 is 5.97 Å². The van der Waals surface area contributed by atoms with E-state index in [0.29, 0.717) is 13.0 Å². The number of nitrogens with zero attached hydrogens (tertiary/aromatic N) is 1. The molecule has 0 bridgehead atoms. The molecule has 22 heavy (non-hydrogen) atoms. The molecule has 5 nitrogen and oxygen atoms in total. The van der Waals surface area contributed by atoms with Crippen LogP contribution in [0.3, 0.4) is 0 Å². The fraction of sp³-hybridized carbons (Fsp3) is 0.529. The summed E-state index contributed by atoms with van der Waals surface area (Å²) in [6, 6.07) is 8.31. The number of carbonyl (C=O) groups is 2. The van der Waals surface area contributed by atoms with Crippen LogP contribution in [0.25, 0.3) is 0 Å². The van der Waals surface area contributed by atoms with Crippen molar-refractivity contribution < 1.29 is 19.4 Å². The van der Waals surface area contributed by atoms with Crippen LogP contribution in [0.15, 0.2) is 24.3 Å². The number of benzene rings is 1. The van der Waals surface area contributed by atoms with Crippen LogP contribution < -0.4 is 0 Å². The van der Waals surface area contributed by atoms with Gasteiger partial charge in [-0.25, -0.2) is 4.79 Å². The summed E-state index contributed by atoms with van der Waals surface area (Å²) in [5.41, 5.74) is 2.41. The summed E-state index contributed by atoms with van der Waals surface area (Å²) in [6.07, 6.45) is 0.479. The number of carbonyl (C=O) groups excluding carboxylic acids is 1. The van der Waals surface area contributed by atoms with E-state index in [-0.39, 0.29) is 25.0 Å². The summed E-state index contributed by atoms with van der Waals surface area (Å²) < 4.78 is 5.14. The van der Waals surface area contributed by atoms with Crippen molar-refractivity contribution in [1.82, 2.24) is 4.90 Å². The zero-order valence-corrected chi connectivity index (χ0v) is 13.1.